The van der Waals surface area contributed by atoms with Crippen LogP contribution in [0, 0.1) is 6.92 Å². The number of nitrogens with one attached hydrogen (secondary N) is 2. The van der Waals surface area contributed by atoms with Gasteiger partial charge in [0.1, 0.15) is 11.3 Å². The molecule has 0 bridgehead atoms. The van der Waals surface area contributed by atoms with E-state index in [4.69, 9.17) is 27.9 Å². The summed E-state index contributed by atoms with van der Waals surface area (Å²) in [6.45, 7) is 1.51. The van der Waals surface area contributed by atoms with E-state index >= 15 is 0 Å². The van der Waals surface area contributed by atoms with Crippen LogP contribution in [0.15, 0.2) is 66.2 Å². The Kier molecular flexibility index (Phi) is 8.52. The molecule has 1 aliphatic heterocycles. The Morgan fingerprint density at radius 2 is 1.70 bits per heavy atom. The van der Waals surface area contributed by atoms with Crippen LogP contribution in [0.2, 0.25) is 10.0 Å². The number of methoxy groups -OCH3 is 1. The number of ether oxygens (including phenoxy) is 2. The molecule has 3 aromatic carbocycles. The minimum absolute atomic E-state index is 0.121. The minimum Gasteiger partial charge on any atom is -0.482 e. The van der Waals surface area contributed by atoms with E-state index in [1.54, 1.807) is 18.2 Å². The van der Waals surface area contributed by atoms with Gasteiger partial charge in [-0.3, -0.25) is 19.7 Å². The van der Waals surface area contributed by atoms with Gasteiger partial charge in [0.05, 0.1) is 23.4 Å². The Balaban J connectivity index is 1.47. The van der Waals surface area contributed by atoms with E-state index in [0.717, 1.165) is 10.5 Å². The maximum absolute atomic E-state index is 13.1. The number of urea groups is 1. The molecule has 1 heterocycles. The highest BCUT2D eigenvalue weighted by Crippen LogP contribution is 2.28. The van der Waals surface area contributed by atoms with Crippen LogP contribution >= 0.6 is 23.2 Å². The molecular formula is C28H21Cl2N3O7. The predicted octanol–water partition coefficient (Wildman–Crippen LogP) is 4.77. The number of benzene rings is 3. The number of rotatable bonds is 7. The molecule has 5 amide bonds. The summed E-state index contributed by atoms with van der Waals surface area (Å²) in [7, 11) is 1.23. The van der Waals surface area contributed by atoms with Crippen molar-refractivity contribution in [1.82, 2.24) is 5.32 Å². The molecule has 10 nitrogen and oxygen atoms in total. The largest absolute Gasteiger partial charge is 0.482 e. The van der Waals surface area contributed by atoms with E-state index in [1.165, 1.54) is 55.7 Å². The number of barbiturate groups is 1. The fourth-order valence-corrected chi connectivity index (χ4v) is 4.08. The lowest BCUT2D eigenvalue weighted by Crippen LogP contribution is -2.54. The first-order valence-electron chi connectivity index (χ1n) is 11.7. The van der Waals surface area contributed by atoms with Gasteiger partial charge in [-0.15, -0.1) is 0 Å². The second kappa shape index (κ2) is 12.0. The van der Waals surface area contributed by atoms with Crippen molar-refractivity contribution in [2.45, 2.75) is 6.92 Å². The van der Waals surface area contributed by atoms with Gasteiger partial charge in [-0.2, -0.15) is 0 Å². The number of carbonyl (C=O) groups is 5. The smallest absolute Gasteiger partial charge is 0.337 e. The van der Waals surface area contributed by atoms with Crippen LogP contribution in [0.3, 0.4) is 0 Å². The zero-order chi connectivity index (χ0) is 29.0. The summed E-state index contributed by atoms with van der Waals surface area (Å²) >= 11 is 12.4. The quantitative estimate of drug-likeness (QED) is 0.233. The molecule has 2 N–H and O–H groups in total. The number of hydrogen-bond donors (Lipinski definition) is 2. The lowest BCUT2D eigenvalue weighted by atomic mass is 10.1. The molecule has 204 valence electrons. The third-order valence-electron chi connectivity index (χ3n) is 5.73. The van der Waals surface area contributed by atoms with Crippen LogP contribution in [0.5, 0.6) is 5.75 Å². The average molecular weight is 582 g/mol. The van der Waals surface area contributed by atoms with E-state index in [1.807, 2.05) is 6.92 Å². The molecule has 0 aliphatic carbocycles. The van der Waals surface area contributed by atoms with Crippen molar-refractivity contribution in [3.05, 3.63) is 93.0 Å². The second-order valence-electron chi connectivity index (χ2n) is 8.49. The third kappa shape index (κ3) is 6.31. The van der Waals surface area contributed by atoms with E-state index < -0.39 is 29.7 Å². The van der Waals surface area contributed by atoms with Crippen LogP contribution in [0.4, 0.5) is 16.2 Å². The Hall–Kier alpha value is -4.67. The van der Waals surface area contributed by atoms with Gasteiger partial charge in [-0.1, -0.05) is 35.3 Å². The molecule has 1 saturated heterocycles. The van der Waals surface area contributed by atoms with Gasteiger partial charge in [0.15, 0.2) is 6.61 Å². The first kappa shape index (κ1) is 28.3. The molecule has 0 saturated carbocycles. The zero-order valence-electron chi connectivity index (χ0n) is 21.1. The lowest BCUT2D eigenvalue weighted by molar-refractivity contribution is -0.122. The van der Waals surface area contributed by atoms with Gasteiger partial charge < -0.3 is 14.8 Å². The lowest BCUT2D eigenvalue weighted by Gasteiger charge is -2.26. The van der Waals surface area contributed by atoms with Crippen molar-refractivity contribution in [3.63, 3.8) is 0 Å². The molecule has 0 atom stereocenters. The van der Waals surface area contributed by atoms with Crippen molar-refractivity contribution in [2.75, 3.05) is 23.9 Å². The van der Waals surface area contributed by atoms with E-state index in [-0.39, 0.29) is 34.2 Å². The number of esters is 1. The van der Waals surface area contributed by atoms with E-state index in [0.29, 0.717) is 16.3 Å². The van der Waals surface area contributed by atoms with Crippen LogP contribution < -0.4 is 20.3 Å². The predicted molar refractivity (Wildman–Crippen MR) is 149 cm³/mol. The number of halogens is 2. The fourth-order valence-electron chi connectivity index (χ4n) is 3.66. The maximum atomic E-state index is 13.1. The third-order valence-corrected chi connectivity index (χ3v) is 6.43. The van der Waals surface area contributed by atoms with Crippen LogP contribution in [0.25, 0.3) is 6.08 Å². The van der Waals surface area contributed by atoms with Crippen molar-refractivity contribution < 1.29 is 33.4 Å². The normalized spacial score (nSPS) is 14.2. The van der Waals surface area contributed by atoms with Crippen molar-refractivity contribution in [1.29, 1.82) is 0 Å². The van der Waals surface area contributed by atoms with Gasteiger partial charge in [0.2, 0.25) is 0 Å². The zero-order valence-corrected chi connectivity index (χ0v) is 22.6. The number of nitrogens with zero attached hydrogens (tertiary/aromatic N) is 1. The van der Waals surface area contributed by atoms with Crippen LogP contribution in [-0.4, -0.2) is 43.4 Å². The molecule has 1 aliphatic rings. The Morgan fingerprint density at radius 1 is 0.975 bits per heavy atom. The first-order chi connectivity index (χ1) is 19.1. The number of amides is 5. The summed E-state index contributed by atoms with van der Waals surface area (Å²) in [4.78, 5) is 62.7. The molecule has 40 heavy (non-hydrogen) atoms. The Labute approximate surface area is 238 Å². The summed E-state index contributed by atoms with van der Waals surface area (Å²) in [6, 6.07) is 14.1. The van der Waals surface area contributed by atoms with Gasteiger partial charge in [0, 0.05) is 10.7 Å². The van der Waals surface area contributed by atoms with Crippen molar-refractivity contribution in [3.8, 4) is 5.75 Å². The van der Waals surface area contributed by atoms with E-state index in [9.17, 15) is 24.0 Å². The first-order valence-corrected chi connectivity index (χ1v) is 12.4. The number of imide groups is 2. The second-order valence-corrected chi connectivity index (χ2v) is 9.30. The topological polar surface area (TPSA) is 131 Å². The molecule has 3 aromatic rings. The molecule has 1 fully saturated rings. The number of carbonyl (C=O) groups excluding carboxylic acids is 5. The molecule has 0 unspecified atom stereocenters. The number of anilines is 2. The van der Waals surface area contributed by atoms with Crippen molar-refractivity contribution in [2.24, 2.45) is 0 Å². The summed E-state index contributed by atoms with van der Waals surface area (Å²) in [6.07, 6.45) is 1.27. The van der Waals surface area contributed by atoms with Gasteiger partial charge in [0.25, 0.3) is 17.7 Å². The summed E-state index contributed by atoms with van der Waals surface area (Å²) in [5.41, 5.74) is 1.79. The standard InChI is InChI=1S/C28H21Cl2N3O7/c1-15-3-7-18(13-21(15)29)31-24(34)14-40-23-10-4-16(12-22(23)30)11-20-25(35)32-28(38)33(26(20)36)19-8-5-17(6-9-19)27(37)39-2/h3-13H,14H2,1-2H3,(H,31,34)(H,32,35,38)/b20-11-. The minimum atomic E-state index is -0.939. The van der Waals surface area contributed by atoms with Gasteiger partial charge in [-0.25, -0.2) is 14.5 Å². The van der Waals surface area contributed by atoms with Crippen LogP contribution in [0.1, 0.15) is 21.5 Å². The highest BCUT2D eigenvalue weighted by molar-refractivity contribution is 6.39. The highest BCUT2D eigenvalue weighted by Gasteiger charge is 2.36. The highest BCUT2D eigenvalue weighted by atomic mass is 35.5. The summed E-state index contributed by atoms with van der Waals surface area (Å²) < 4.78 is 10.1. The molecule has 0 spiro atoms. The Morgan fingerprint density at radius 3 is 2.35 bits per heavy atom. The molecular weight excluding hydrogens is 561 g/mol. The molecule has 12 heteroatoms. The summed E-state index contributed by atoms with van der Waals surface area (Å²) in [5, 5.41) is 5.42. The maximum Gasteiger partial charge on any atom is 0.337 e. The van der Waals surface area contributed by atoms with Crippen molar-refractivity contribution >= 4 is 70.4 Å². The van der Waals surface area contributed by atoms with Gasteiger partial charge in [-0.05, 0) is 72.7 Å². The number of hydrogen-bond acceptors (Lipinski definition) is 7. The molecule has 0 radical (unpaired) electrons. The summed E-state index contributed by atoms with van der Waals surface area (Å²) in [5.74, 6) is -2.58. The van der Waals surface area contributed by atoms with E-state index in [2.05, 4.69) is 15.4 Å². The van der Waals surface area contributed by atoms with Crippen LogP contribution in [-0.2, 0) is 19.1 Å². The van der Waals surface area contributed by atoms with Gasteiger partial charge >= 0.3 is 12.0 Å². The number of aryl methyl sites for hydroxylation is 1. The monoisotopic (exact) mass is 581 g/mol. The fraction of sp³-hybridized carbons (Fsp3) is 0.107. The SMILES string of the molecule is COC(=O)c1ccc(N2C(=O)NC(=O)/C(=C/c3ccc(OCC(=O)Nc4ccc(C)c(Cl)c4)c(Cl)c3)C2=O)cc1. The average Bonchev–Trinajstić information content (AvgIpc) is 2.92. The Bertz CT molecular complexity index is 1570. The molecule has 4 rings (SSSR count). The molecule has 0 aromatic heterocycles.